The average molecular weight is 192 g/mol. The molecule has 4 nitrogen and oxygen atoms in total. The highest BCUT2D eigenvalue weighted by molar-refractivity contribution is 5.69. The Morgan fingerprint density at radius 2 is 2.29 bits per heavy atom. The Kier molecular flexibility index (Phi) is 4.04. The molecule has 0 spiro atoms. The van der Waals surface area contributed by atoms with Gasteiger partial charge in [0.25, 0.3) is 0 Å². The number of aromatic nitrogens is 2. The zero-order valence-electron chi connectivity index (χ0n) is 8.70. The van der Waals surface area contributed by atoms with Gasteiger partial charge in [-0.15, -0.1) is 0 Å². The Hall–Kier alpha value is -1.45. The molecule has 1 aromatic heterocycles. The molecule has 0 aliphatic carbocycles. The highest BCUT2D eigenvalue weighted by atomic mass is 15.0. The number of nitrogens with two attached hydrogens (primary N) is 1. The van der Waals surface area contributed by atoms with Gasteiger partial charge in [-0.05, 0) is 19.8 Å². The summed E-state index contributed by atoms with van der Waals surface area (Å²) in [6.45, 7) is 4.03. The third-order valence-electron chi connectivity index (χ3n) is 1.94. The van der Waals surface area contributed by atoms with Crippen molar-refractivity contribution >= 4 is 17.7 Å². The quantitative estimate of drug-likeness (QED) is 0.587. The van der Waals surface area contributed by atoms with Crippen LogP contribution in [0.15, 0.2) is 11.3 Å². The summed E-state index contributed by atoms with van der Waals surface area (Å²) in [5.41, 5.74) is 7.19. The smallest absolute Gasteiger partial charge is 0.153 e. The molecule has 1 aromatic rings. The van der Waals surface area contributed by atoms with Crippen molar-refractivity contribution in [2.75, 3.05) is 5.73 Å². The number of unbranched alkanes of at least 4 members (excludes halogenated alkanes) is 2. The van der Waals surface area contributed by atoms with Gasteiger partial charge in [0.05, 0.1) is 5.69 Å². The van der Waals surface area contributed by atoms with Gasteiger partial charge in [0.15, 0.2) is 5.82 Å². The monoisotopic (exact) mass is 192 g/mol. The van der Waals surface area contributed by atoms with E-state index in [0.29, 0.717) is 11.5 Å². The van der Waals surface area contributed by atoms with Crippen LogP contribution in [-0.2, 0) is 0 Å². The van der Waals surface area contributed by atoms with Crippen molar-refractivity contribution in [3.05, 3.63) is 12.0 Å². The summed E-state index contributed by atoms with van der Waals surface area (Å²) in [6, 6.07) is 0. The molecule has 14 heavy (non-hydrogen) atoms. The third-order valence-corrected chi connectivity index (χ3v) is 1.94. The van der Waals surface area contributed by atoms with Crippen LogP contribution in [0.4, 0.5) is 11.5 Å². The molecule has 0 aliphatic heterocycles. The normalized spacial score (nSPS) is 11.0. The fraction of sp³-hybridized carbons (Fsp3) is 0.500. The van der Waals surface area contributed by atoms with E-state index >= 15 is 0 Å². The van der Waals surface area contributed by atoms with Crippen LogP contribution in [0.2, 0.25) is 0 Å². The molecular weight excluding hydrogens is 176 g/mol. The van der Waals surface area contributed by atoms with Crippen LogP contribution in [0, 0.1) is 6.92 Å². The van der Waals surface area contributed by atoms with Crippen molar-refractivity contribution in [1.29, 1.82) is 0 Å². The van der Waals surface area contributed by atoms with E-state index in [0.717, 1.165) is 18.5 Å². The van der Waals surface area contributed by atoms with Gasteiger partial charge < -0.3 is 5.73 Å². The Labute approximate surface area is 84.3 Å². The molecule has 0 amide bonds. The van der Waals surface area contributed by atoms with E-state index in [1.807, 2.05) is 13.1 Å². The van der Waals surface area contributed by atoms with Gasteiger partial charge in [-0.1, -0.05) is 13.3 Å². The lowest BCUT2D eigenvalue weighted by molar-refractivity contribution is 0.842. The van der Waals surface area contributed by atoms with Crippen LogP contribution < -0.4 is 5.73 Å². The predicted octanol–water partition coefficient (Wildman–Crippen LogP) is 2.26. The maximum atomic E-state index is 5.67. The van der Waals surface area contributed by atoms with Crippen LogP contribution in [0.5, 0.6) is 0 Å². The van der Waals surface area contributed by atoms with E-state index in [4.69, 9.17) is 5.73 Å². The first-order valence-corrected chi connectivity index (χ1v) is 4.85. The largest absolute Gasteiger partial charge is 0.382 e. The van der Waals surface area contributed by atoms with Crippen molar-refractivity contribution in [1.82, 2.24) is 9.97 Å². The molecular formula is C10H16N4. The number of nitrogen functional groups attached to an aromatic ring is 1. The van der Waals surface area contributed by atoms with E-state index < -0.39 is 0 Å². The Bertz CT molecular complexity index is 300. The standard InChI is InChI=1S/C10H16N4/c1-3-4-5-6-12-9-8(2)13-7-14-10(9)11/h6-7H,3-5H2,1-2H3,(H2,11,13,14)/b12-6-. The van der Waals surface area contributed by atoms with Gasteiger partial charge in [0.1, 0.15) is 12.0 Å². The molecule has 0 aromatic carbocycles. The highest BCUT2D eigenvalue weighted by Crippen LogP contribution is 2.21. The summed E-state index contributed by atoms with van der Waals surface area (Å²) in [7, 11) is 0. The highest BCUT2D eigenvalue weighted by Gasteiger charge is 2.01. The molecule has 4 heteroatoms. The predicted molar refractivity (Wildman–Crippen MR) is 58.9 cm³/mol. The van der Waals surface area contributed by atoms with Crippen molar-refractivity contribution < 1.29 is 0 Å². The minimum Gasteiger partial charge on any atom is -0.382 e. The van der Waals surface area contributed by atoms with Gasteiger partial charge in [0.2, 0.25) is 0 Å². The molecule has 1 heterocycles. The number of aryl methyl sites for hydroxylation is 1. The van der Waals surface area contributed by atoms with Crippen LogP contribution in [0.3, 0.4) is 0 Å². The lowest BCUT2D eigenvalue weighted by Gasteiger charge is -2.00. The lowest BCUT2D eigenvalue weighted by Crippen LogP contribution is -1.94. The second-order valence-corrected chi connectivity index (χ2v) is 3.15. The first kappa shape index (κ1) is 10.6. The van der Waals surface area contributed by atoms with Gasteiger partial charge in [0, 0.05) is 6.21 Å². The van der Waals surface area contributed by atoms with E-state index in [1.54, 1.807) is 0 Å². The molecule has 0 aliphatic rings. The van der Waals surface area contributed by atoms with E-state index in [2.05, 4.69) is 21.9 Å². The second kappa shape index (κ2) is 5.32. The number of hydrogen-bond acceptors (Lipinski definition) is 4. The molecule has 0 unspecified atom stereocenters. The zero-order chi connectivity index (χ0) is 10.4. The van der Waals surface area contributed by atoms with Crippen LogP contribution >= 0.6 is 0 Å². The van der Waals surface area contributed by atoms with Gasteiger partial charge >= 0.3 is 0 Å². The molecule has 0 saturated heterocycles. The molecule has 0 radical (unpaired) electrons. The summed E-state index contributed by atoms with van der Waals surface area (Å²) < 4.78 is 0. The Balaban J connectivity index is 2.70. The maximum absolute atomic E-state index is 5.67. The third kappa shape index (κ3) is 2.80. The topological polar surface area (TPSA) is 64.2 Å². The average Bonchev–Trinajstić information content (AvgIpc) is 2.16. The molecule has 0 atom stereocenters. The fourth-order valence-electron chi connectivity index (χ4n) is 1.10. The summed E-state index contributed by atoms with van der Waals surface area (Å²) in [4.78, 5) is 12.2. The molecule has 0 saturated carbocycles. The van der Waals surface area contributed by atoms with Crippen LogP contribution in [-0.4, -0.2) is 16.2 Å². The maximum Gasteiger partial charge on any atom is 0.153 e. The van der Waals surface area contributed by atoms with Gasteiger partial charge in [-0.25, -0.2) is 9.97 Å². The number of rotatable bonds is 4. The summed E-state index contributed by atoms with van der Waals surface area (Å²) in [6.07, 6.45) is 6.63. The minimum atomic E-state index is 0.449. The first-order chi connectivity index (χ1) is 6.75. The minimum absolute atomic E-state index is 0.449. The Morgan fingerprint density at radius 1 is 1.50 bits per heavy atom. The van der Waals surface area contributed by atoms with E-state index in [1.165, 1.54) is 12.7 Å². The number of anilines is 1. The molecule has 0 bridgehead atoms. The molecule has 1 rings (SSSR count). The van der Waals surface area contributed by atoms with Crippen molar-refractivity contribution in [3.8, 4) is 0 Å². The number of aliphatic imine (C=N–C) groups is 1. The SMILES string of the molecule is CCCC/C=N\c1c(C)ncnc1N. The molecule has 76 valence electrons. The second-order valence-electron chi connectivity index (χ2n) is 3.15. The molecule has 2 N–H and O–H groups in total. The van der Waals surface area contributed by atoms with Gasteiger partial charge in [-0.2, -0.15) is 0 Å². The summed E-state index contributed by atoms with van der Waals surface area (Å²) >= 11 is 0. The first-order valence-electron chi connectivity index (χ1n) is 4.85. The number of nitrogens with zero attached hydrogens (tertiary/aromatic N) is 3. The Morgan fingerprint density at radius 3 is 2.93 bits per heavy atom. The van der Waals surface area contributed by atoms with Gasteiger partial charge in [-0.3, -0.25) is 4.99 Å². The van der Waals surface area contributed by atoms with Crippen LogP contribution in [0.1, 0.15) is 31.9 Å². The van der Waals surface area contributed by atoms with Crippen molar-refractivity contribution in [2.24, 2.45) is 4.99 Å². The van der Waals surface area contributed by atoms with E-state index in [9.17, 15) is 0 Å². The lowest BCUT2D eigenvalue weighted by atomic mass is 10.3. The fourth-order valence-corrected chi connectivity index (χ4v) is 1.10. The van der Waals surface area contributed by atoms with Crippen molar-refractivity contribution in [2.45, 2.75) is 33.1 Å². The van der Waals surface area contributed by atoms with Crippen molar-refractivity contribution in [3.63, 3.8) is 0 Å². The van der Waals surface area contributed by atoms with Crippen LogP contribution in [0.25, 0.3) is 0 Å². The summed E-state index contributed by atoms with van der Waals surface area (Å²) in [5.74, 6) is 0.449. The number of hydrogen-bond donors (Lipinski definition) is 1. The van der Waals surface area contributed by atoms with E-state index in [-0.39, 0.29) is 0 Å². The molecule has 0 fully saturated rings. The zero-order valence-corrected chi connectivity index (χ0v) is 8.70. The summed E-state index contributed by atoms with van der Waals surface area (Å²) in [5, 5.41) is 0.